The van der Waals surface area contributed by atoms with E-state index in [0.717, 1.165) is 21.3 Å². The number of thiazole rings is 1. The van der Waals surface area contributed by atoms with Gasteiger partial charge in [0.15, 0.2) is 5.13 Å². The van der Waals surface area contributed by atoms with E-state index in [-0.39, 0.29) is 11.3 Å². The molecule has 0 unspecified atom stereocenters. The third-order valence-corrected chi connectivity index (χ3v) is 7.10. The molecule has 6 nitrogen and oxygen atoms in total. The SMILES string of the molecule is CCOc1ccc(/C(O)=C2\C(=O)C(=O)N(c3nc4c(C)cc(C)cc4s3)[C@H]2c2ccc(F)cc2)cc1. The molecule has 0 bridgehead atoms. The number of aliphatic hydroxyl groups is 1. The molecule has 3 aromatic carbocycles. The van der Waals surface area contributed by atoms with E-state index >= 15 is 0 Å². The molecule has 36 heavy (non-hydrogen) atoms. The van der Waals surface area contributed by atoms with Gasteiger partial charge in [-0.1, -0.05) is 29.5 Å². The first-order valence-corrected chi connectivity index (χ1v) is 12.3. The minimum absolute atomic E-state index is 0.0806. The van der Waals surface area contributed by atoms with Crippen LogP contribution in [0.15, 0.2) is 66.2 Å². The predicted octanol–water partition coefficient (Wildman–Crippen LogP) is 6.08. The number of fused-ring (bicyclic) bond motifs is 1. The molecule has 1 aromatic heterocycles. The summed E-state index contributed by atoms with van der Waals surface area (Å²) in [5.74, 6) is -1.78. The number of ketones is 1. The topological polar surface area (TPSA) is 79.7 Å². The number of aryl methyl sites for hydroxylation is 2. The highest BCUT2D eigenvalue weighted by Gasteiger charge is 2.48. The Labute approximate surface area is 211 Å². The number of amides is 1. The van der Waals surface area contributed by atoms with Gasteiger partial charge in [-0.2, -0.15) is 0 Å². The van der Waals surface area contributed by atoms with Crippen molar-refractivity contribution in [3.63, 3.8) is 0 Å². The molecule has 0 saturated carbocycles. The lowest BCUT2D eigenvalue weighted by molar-refractivity contribution is -0.132. The van der Waals surface area contributed by atoms with Gasteiger partial charge in [-0.3, -0.25) is 14.5 Å². The largest absolute Gasteiger partial charge is 0.507 e. The summed E-state index contributed by atoms with van der Waals surface area (Å²) < 4.78 is 20.1. The fourth-order valence-electron chi connectivity index (χ4n) is 4.48. The summed E-state index contributed by atoms with van der Waals surface area (Å²) in [5, 5.41) is 11.6. The maximum absolute atomic E-state index is 13.8. The van der Waals surface area contributed by atoms with Crippen molar-refractivity contribution in [2.45, 2.75) is 26.8 Å². The summed E-state index contributed by atoms with van der Waals surface area (Å²) in [5.41, 5.74) is 3.52. The molecule has 1 amide bonds. The number of anilines is 1. The average molecular weight is 503 g/mol. The van der Waals surface area contributed by atoms with Gasteiger partial charge in [0.25, 0.3) is 5.78 Å². The summed E-state index contributed by atoms with van der Waals surface area (Å²) in [6, 6.07) is 15.2. The smallest absolute Gasteiger partial charge is 0.301 e. The Balaban J connectivity index is 1.69. The molecule has 1 fully saturated rings. The Bertz CT molecular complexity index is 1520. The highest BCUT2D eigenvalue weighted by Crippen LogP contribution is 2.44. The lowest BCUT2D eigenvalue weighted by Gasteiger charge is -2.23. The van der Waals surface area contributed by atoms with Crippen LogP contribution in [0.4, 0.5) is 9.52 Å². The Morgan fingerprint density at radius 2 is 1.78 bits per heavy atom. The second kappa shape index (κ2) is 9.20. The van der Waals surface area contributed by atoms with Crippen LogP contribution in [0.1, 0.15) is 35.2 Å². The number of rotatable bonds is 5. The van der Waals surface area contributed by atoms with E-state index in [0.29, 0.717) is 28.6 Å². The molecule has 1 saturated heterocycles. The van der Waals surface area contributed by atoms with Gasteiger partial charge in [-0.25, -0.2) is 9.37 Å². The summed E-state index contributed by atoms with van der Waals surface area (Å²) in [6.07, 6.45) is 0. The maximum Gasteiger partial charge on any atom is 0.301 e. The molecule has 0 aliphatic carbocycles. The van der Waals surface area contributed by atoms with E-state index in [1.807, 2.05) is 32.9 Å². The first-order chi connectivity index (χ1) is 17.3. The number of carbonyl (C=O) groups is 2. The molecule has 182 valence electrons. The quantitative estimate of drug-likeness (QED) is 0.203. The van der Waals surface area contributed by atoms with Gasteiger partial charge < -0.3 is 9.84 Å². The summed E-state index contributed by atoms with van der Waals surface area (Å²) in [4.78, 5) is 32.7. The van der Waals surface area contributed by atoms with Crippen molar-refractivity contribution >= 4 is 44.1 Å². The maximum atomic E-state index is 13.8. The lowest BCUT2D eigenvalue weighted by atomic mass is 9.95. The molecule has 0 spiro atoms. The van der Waals surface area contributed by atoms with E-state index in [1.54, 1.807) is 24.3 Å². The number of carbonyl (C=O) groups excluding carboxylic acids is 2. The van der Waals surface area contributed by atoms with E-state index in [1.165, 1.54) is 40.5 Å². The fraction of sp³-hybridized carbons (Fsp3) is 0.179. The second-order valence-corrected chi connectivity index (χ2v) is 9.61. The Morgan fingerprint density at radius 3 is 2.44 bits per heavy atom. The number of aromatic nitrogens is 1. The molecule has 8 heteroatoms. The molecular weight excluding hydrogens is 479 g/mol. The Kier molecular flexibility index (Phi) is 6.05. The Morgan fingerprint density at radius 1 is 1.08 bits per heavy atom. The van der Waals surface area contributed by atoms with Crippen molar-refractivity contribution in [3.8, 4) is 5.75 Å². The molecule has 5 rings (SSSR count). The van der Waals surface area contributed by atoms with E-state index in [4.69, 9.17) is 4.74 Å². The molecule has 0 radical (unpaired) electrons. The summed E-state index contributed by atoms with van der Waals surface area (Å²) in [6.45, 7) is 6.27. The molecule has 1 aliphatic heterocycles. The van der Waals surface area contributed by atoms with Crippen LogP contribution in [0, 0.1) is 19.7 Å². The fourth-order valence-corrected chi connectivity index (χ4v) is 5.65. The molecular formula is C28H23FN2O4S. The minimum Gasteiger partial charge on any atom is -0.507 e. The number of halogens is 1. The number of benzene rings is 3. The molecule has 1 N–H and O–H groups in total. The number of hydrogen-bond acceptors (Lipinski definition) is 6. The second-order valence-electron chi connectivity index (χ2n) is 8.60. The monoisotopic (exact) mass is 502 g/mol. The van der Waals surface area contributed by atoms with Crippen molar-refractivity contribution in [2.75, 3.05) is 11.5 Å². The number of ether oxygens (including phenoxy) is 1. The van der Waals surface area contributed by atoms with Crippen LogP contribution in [0.25, 0.3) is 16.0 Å². The lowest BCUT2D eigenvalue weighted by Crippen LogP contribution is -2.29. The van der Waals surface area contributed by atoms with Gasteiger partial charge in [0.2, 0.25) is 0 Å². The zero-order chi connectivity index (χ0) is 25.6. The van der Waals surface area contributed by atoms with Crippen LogP contribution < -0.4 is 9.64 Å². The van der Waals surface area contributed by atoms with Crippen molar-refractivity contribution in [2.24, 2.45) is 0 Å². The first-order valence-electron chi connectivity index (χ1n) is 11.5. The van der Waals surface area contributed by atoms with E-state index < -0.39 is 23.5 Å². The highest BCUT2D eigenvalue weighted by atomic mass is 32.1. The number of Topliss-reactive ketones (excluding diaryl/α,β-unsaturated/α-hetero) is 1. The minimum atomic E-state index is -0.973. The van der Waals surface area contributed by atoms with Crippen LogP contribution in [-0.4, -0.2) is 28.4 Å². The highest BCUT2D eigenvalue weighted by molar-refractivity contribution is 7.22. The van der Waals surface area contributed by atoms with Gasteiger partial charge in [0.05, 0.1) is 28.4 Å². The van der Waals surface area contributed by atoms with Gasteiger partial charge in [0.1, 0.15) is 17.3 Å². The summed E-state index contributed by atoms with van der Waals surface area (Å²) >= 11 is 1.29. The predicted molar refractivity (Wildman–Crippen MR) is 138 cm³/mol. The zero-order valence-electron chi connectivity index (χ0n) is 19.9. The van der Waals surface area contributed by atoms with Crippen LogP contribution in [0.3, 0.4) is 0 Å². The van der Waals surface area contributed by atoms with Crippen LogP contribution in [-0.2, 0) is 9.59 Å². The third-order valence-electron chi connectivity index (χ3n) is 6.09. The van der Waals surface area contributed by atoms with Gasteiger partial charge in [-0.05, 0) is 79.9 Å². The average Bonchev–Trinajstić information content (AvgIpc) is 3.38. The van der Waals surface area contributed by atoms with Gasteiger partial charge >= 0.3 is 5.91 Å². The standard InChI is InChI=1S/C28H23FN2O4S/c1-4-35-20-11-7-18(8-12-20)25(32)22-24(17-5-9-19(29)10-6-17)31(27(34)26(22)33)28-30-23-16(3)13-15(2)14-21(23)36-28/h5-14,24,32H,4H2,1-3H3/b25-22+/t24-/m0/s1. The van der Waals surface area contributed by atoms with Gasteiger partial charge in [-0.15, -0.1) is 0 Å². The van der Waals surface area contributed by atoms with Crippen LogP contribution in [0.2, 0.25) is 0 Å². The van der Waals surface area contributed by atoms with Crippen molar-refractivity contribution in [3.05, 3.63) is 94.3 Å². The molecule has 1 atom stereocenters. The molecule has 2 heterocycles. The van der Waals surface area contributed by atoms with Crippen LogP contribution >= 0.6 is 11.3 Å². The van der Waals surface area contributed by atoms with Crippen molar-refractivity contribution in [1.29, 1.82) is 0 Å². The molecule has 1 aliphatic rings. The number of aliphatic hydroxyl groups excluding tert-OH is 1. The van der Waals surface area contributed by atoms with Gasteiger partial charge in [0, 0.05) is 5.56 Å². The summed E-state index contributed by atoms with van der Waals surface area (Å²) in [7, 11) is 0. The first kappa shape index (κ1) is 23.7. The normalized spacial score (nSPS) is 17.2. The number of nitrogens with zero attached hydrogens (tertiary/aromatic N) is 2. The van der Waals surface area contributed by atoms with Crippen molar-refractivity contribution < 1.29 is 23.8 Å². The van der Waals surface area contributed by atoms with E-state index in [9.17, 15) is 19.1 Å². The van der Waals surface area contributed by atoms with Crippen LogP contribution in [0.5, 0.6) is 5.75 Å². The Hall–Kier alpha value is -4.04. The number of hydrogen-bond donors (Lipinski definition) is 1. The van der Waals surface area contributed by atoms with E-state index in [2.05, 4.69) is 4.98 Å². The third kappa shape index (κ3) is 4.03. The van der Waals surface area contributed by atoms with Crippen molar-refractivity contribution in [1.82, 2.24) is 4.98 Å². The zero-order valence-corrected chi connectivity index (χ0v) is 20.7. The molecule has 4 aromatic rings.